The fourth-order valence-electron chi connectivity index (χ4n) is 2.36. The molecular weight excluding hydrogens is 364 g/mol. The van der Waals surface area contributed by atoms with E-state index in [2.05, 4.69) is 10.0 Å². The molecule has 27 heavy (non-hydrogen) atoms. The molecule has 7 heteroatoms. The van der Waals surface area contributed by atoms with Gasteiger partial charge in [0.15, 0.2) is 0 Å². The first-order chi connectivity index (χ1) is 13.0. The Bertz CT molecular complexity index is 866. The van der Waals surface area contributed by atoms with Gasteiger partial charge in [-0.2, -0.15) is 0 Å². The van der Waals surface area contributed by atoms with Gasteiger partial charge < -0.3 is 10.1 Å². The second-order valence-corrected chi connectivity index (χ2v) is 7.88. The van der Waals surface area contributed by atoms with Crippen molar-refractivity contribution in [2.45, 2.75) is 38.0 Å². The van der Waals surface area contributed by atoms with Gasteiger partial charge in [0.2, 0.25) is 10.0 Å². The van der Waals surface area contributed by atoms with E-state index in [-0.39, 0.29) is 10.8 Å². The van der Waals surface area contributed by atoms with E-state index in [1.54, 1.807) is 36.4 Å². The third-order valence-corrected chi connectivity index (χ3v) is 5.25. The Hall–Kier alpha value is -2.38. The van der Waals surface area contributed by atoms with Crippen molar-refractivity contribution in [2.24, 2.45) is 0 Å². The van der Waals surface area contributed by atoms with Crippen molar-refractivity contribution < 1.29 is 17.9 Å². The lowest BCUT2D eigenvalue weighted by atomic mass is 10.2. The van der Waals surface area contributed by atoms with Crippen molar-refractivity contribution in [3.63, 3.8) is 0 Å². The summed E-state index contributed by atoms with van der Waals surface area (Å²) in [7, 11) is -3.59. The number of carbonyl (C=O) groups excluding carboxylic acids is 1. The first kappa shape index (κ1) is 20.9. The number of amides is 1. The molecular formula is C20H26N2O4S. The van der Waals surface area contributed by atoms with Gasteiger partial charge in [0.1, 0.15) is 5.75 Å². The zero-order valence-corrected chi connectivity index (χ0v) is 16.5. The quantitative estimate of drug-likeness (QED) is 0.604. The zero-order valence-electron chi connectivity index (χ0n) is 15.7. The highest BCUT2D eigenvalue weighted by atomic mass is 32.2. The van der Waals surface area contributed by atoms with Crippen LogP contribution in [0.4, 0.5) is 5.69 Å². The van der Waals surface area contributed by atoms with E-state index in [1.807, 2.05) is 13.8 Å². The van der Waals surface area contributed by atoms with Crippen molar-refractivity contribution >= 4 is 21.6 Å². The molecule has 0 aliphatic heterocycles. The van der Waals surface area contributed by atoms with E-state index in [0.717, 1.165) is 19.3 Å². The summed E-state index contributed by atoms with van der Waals surface area (Å²) in [6.07, 6.45) is 2.55. The summed E-state index contributed by atoms with van der Waals surface area (Å²) in [4.78, 5) is 12.6. The number of hydrogen-bond donors (Lipinski definition) is 2. The van der Waals surface area contributed by atoms with Crippen LogP contribution < -0.4 is 14.8 Å². The minimum atomic E-state index is -3.59. The molecule has 2 aromatic rings. The highest BCUT2D eigenvalue weighted by Gasteiger charge is 2.15. The summed E-state index contributed by atoms with van der Waals surface area (Å²) in [6, 6.07) is 13.1. The van der Waals surface area contributed by atoms with Crippen molar-refractivity contribution in [1.82, 2.24) is 4.72 Å². The Labute approximate surface area is 161 Å². The monoisotopic (exact) mass is 390 g/mol. The summed E-state index contributed by atoms with van der Waals surface area (Å²) < 4.78 is 32.7. The Kier molecular flexibility index (Phi) is 7.82. The van der Waals surface area contributed by atoms with E-state index in [1.165, 1.54) is 12.1 Å². The summed E-state index contributed by atoms with van der Waals surface area (Å²) in [5.74, 6) is 0.298. The summed E-state index contributed by atoms with van der Waals surface area (Å²) in [5, 5.41) is 2.73. The van der Waals surface area contributed by atoms with Crippen LogP contribution in [0.3, 0.4) is 0 Å². The maximum absolute atomic E-state index is 12.5. The van der Waals surface area contributed by atoms with Crippen LogP contribution in [0.15, 0.2) is 53.4 Å². The van der Waals surface area contributed by atoms with Gasteiger partial charge in [0, 0.05) is 17.8 Å². The topological polar surface area (TPSA) is 84.5 Å². The molecule has 0 unspecified atom stereocenters. The van der Waals surface area contributed by atoms with Crippen molar-refractivity contribution in [3.8, 4) is 5.75 Å². The second kappa shape index (κ2) is 10.1. The summed E-state index contributed by atoms with van der Waals surface area (Å²) >= 11 is 0. The van der Waals surface area contributed by atoms with Gasteiger partial charge in [0.25, 0.3) is 5.91 Å². The fourth-order valence-corrected chi connectivity index (χ4v) is 3.48. The van der Waals surface area contributed by atoms with Gasteiger partial charge >= 0.3 is 0 Å². The third kappa shape index (κ3) is 6.37. The van der Waals surface area contributed by atoms with Crippen LogP contribution in [0.5, 0.6) is 5.75 Å². The second-order valence-electron chi connectivity index (χ2n) is 6.11. The molecule has 1 amide bonds. The average Bonchev–Trinajstić information content (AvgIpc) is 2.67. The molecule has 146 valence electrons. The van der Waals surface area contributed by atoms with Crippen LogP contribution in [0.25, 0.3) is 0 Å². The van der Waals surface area contributed by atoms with E-state index in [0.29, 0.717) is 30.2 Å². The van der Waals surface area contributed by atoms with Crippen molar-refractivity contribution in [2.75, 3.05) is 18.5 Å². The Morgan fingerprint density at radius 1 is 1.04 bits per heavy atom. The van der Waals surface area contributed by atoms with Crippen molar-refractivity contribution in [3.05, 3.63) is 54.1 Å². The van der Waals surface area contributed by atoms with Gasteiger partial charge in [-0.15, -0.1) is 0 Å². The lowest BCUT2D eigenvalue weighted by Gasteiger charge is -2.10. The van der Waals surface area contributed by atoms with Crippen LogP contribution in [-0.4, -0.2) is 27.5 Å². The molecule has 0 fully saturated rings. The summed E-state index contributed by atoms with van der Waals surface area (Å²) in [6.45, 7) is 4.97. The number of anilines is 1. The van der Waals surface area contributed by atoms with Crippen molar-refractivity contribution in [1.29, 1.82) is 0 Å². The number of carbonyl (C=O) groups is 1. The molecule has 6 nitrogen and oxygen atoms in total. The molecule has 0 aliphatic carbocycles. The molecule has 2 rings (SSSR count). The molecule has 0 bridgehead atoms. The van der Waals surface area contributed by atoms with E-state index < -0.39 is 10.0 Å². The average molecular weight is 391 g/mol. The summed E-state index contributed by atoms with van der Waals surface area (Å²) in [5.41, 5.74) is 0.858. The molecule has 0 aromatic heterocycles. The van der Waals surface area contributed by atoms with Crippen LogP contribution in [0.1, 0.15) is 43.5 Å². The Morgan fingerprint density at radius 3 is 2.56 bits per heavy atom. The minimum absolute atomic E-state index is 0.122. The van der Waals surface area contributed by atoms with Crippen LogP contribution in [0, 0.1) is 0 Å². The van der Waals surface area contributed by atoms with Gasteiger partial charge in [-0.25, -0.2) is 13.1 Å². The normalized spacial score (nSPS) is 11.2. The molecule has 2 N–H and O–H groups in total. The number of nitrogens with one attached hydrogen (secondary N) is 2. The van der Waals surface area contributed by atoms with Crippen LogP contribution in [0.2, 0.25) is 0 Å². The highest BCUT2D eigenvalue weighted by Crippen LogP contribution is 2.18. The smallest absolute Gasteiger partial charge is 0.255 e. The molecule has 0 heterocycles. The standard InChI is InChI=1S/C20H26N2O4S/c1-3-5-12-21-27(24,25)19-11-7-9-17(15-19)22-20(23)16-8-6-10-18(14-16)26-13-4-2/h6-11,14-15,21H,3-5,12-13H2,1-2H3,(H,22,23). The molecule has 0 saturated carbocycles. The predicted octanol–water partition coefficient (Wildman–Crippen LogP) is 3.81. The third-order valence-electron chi connectivity index (χ3n) is 3.79. The SMILES string of the molecule is CCCCNS(=O)(=O)c1cccc(NC(=O)c2cccc(OCCC)c2)c1. The van der Waals surface area contributed by atoms with E-state index >= 15 is 0 Å². The maximum Gasteiger partial charge on any atom is 0.255 e. The lowest BCUT2D eigenvalue weighted by molar-refractivity contribution is 0.102. The van der Waals surface area contributed by atoms with Gasteiger partial charge in [-0.05, 0) is 49.2 Å². The molecule has 0 radical (unpaired) electrons. The lowest BCUT2D eigenvalue weighted by Crippen LogP contribution is -2.24. The van der Waals surface area contributed by atoms with Crippen LogP contribution >= 0.6 is 0 Å². The highest BCUT2D eigenvalue weighted by molar-refractivity contribution is 7.89. The van der Waals surface area contributed by atoms with Gasteiger partial charge in [-0.3, -0.25) is 4.79 Å². The maximum atomic E-state index is 12.5. The van der Waals surface area contributed by atoms with Gasteiger partial charge in [0.05, 0.1) is 11.5 Å². The molecule has 0 atom stereocenters. The Balaban J connectivity index is 2.10. The first-order valence-electron chi connectivity index (χ1n) is 9.10. The fraction of sp³-hybridized carbons (Fsp3) is 0.350. The Morgan fingerprint density at radius 2 is 1.81 bits per heavy atom. The van der Waals surface area contributed by atoms with Gasteiger partial charge in [-0.1, -0.05) is 32.4 Å². The van der Waals surface area contributed by atoms with E-state index in [9.17, 15) is 13.2 Å². The van der Waals surface area contributed by atoms with E-state index in [4.69, 9.17) is 4.74 Å². The number of benzene rings is 2. The number of ether oxygens (including phenoxy) is 1. The number of sulfonamides is 1. The van der Waals surface area contributed by atoms with Crippen LogP contribution in [-0.2, 0) is 10.0 Å². The number of unbranched alkanes of at least 4 members (excludes halogenated alkanes) is 1. The molecule has 0 aliphatic rings. The molecule has 2 aromatic carbocycles. The minimum Gasteiger partial charge on any atom is -0.494 e. The molecule has 0 spiro atoms. The number of hydrogen-bond acceptors (Lipinski definition) is 4. The zero-order chi connectivity index (χ0) is 19.7. The largest absolute Gasteiger partial charge is 0.494 e. The number of rotatable bonds is 10. The first-order valence-corrected chi connectivity index (χ1v) is 10.6. The predicted molar refractivity (Wildman–Crippen MR) is 107 cm³/mol. The molecule has 0 saturated heterocycles.